The van der Waals surface area contributed by atoms with Crippen LogP contribution in [0.2, 0.25) is 0 Å². The molecule has 0 radical (unpaired) electrons. The molecule has 1 N–H and O–H groups in total. The third kappa shape index (κ3) is 4.14. The van der Waals surface area contributed by atoms with E-state index in [1.165, 1.54) is 23.5 Å². The van der Waals surface area contributed by atoms with E-state index in [0.29, 0.717) is 17.3 Å². The number of hydrogen-bond donors (Lipinski definition) is 1. The zero-order chi connectivity index (χ0) is 16.4. The molecular weight excluding hydrogens is 447 g/mol. The van der Waals surface area contributed by atoms with E-state index in [9.17, 15) is 9.18 Å². The molecule has 1 atom stereocenters. The number of carbonyl (C=O) groups excluding carboxylic acids is 1. The number of rotatable bonds is 4. The largest absolute Gasteiger partial charge is 0.371 e. The lowest BCUT2D eigenvalue weighted by Gasteiger charge is -2.18. The Morgan fingerprint density at radius 3 is 2.74 bits per heavy atom. The van der Waals surface area contributed by atoms with E-state index in [4.69, 9.17) is 0 Å². The average Bonchev–Trinajstić information content (AvgIpc) is 3.13. The Labute approximate surface area is 155 Å². The van der Waals surface area contributed by atoms with Crippen LogP contribution in [0, 0.1) is 11.7 Å². The van der Waals surface area contributed by atoms with Gasteiger partial charge in [0.15, 0.2) is 0 Å². The molecule has 0 saturated carbocycles. The van der Waals surface area contributed by atoms with Gasteiger partial charge in [0.2, 0.25) is 0 Å². The maximum absolute atomic E-state index is 13.0. The number of nitrogens with zero attached hydrogens (tertiary/aromatic N) is 1. The van der Waals surface area contributed by atoms with Crippen LogP contribution >= 0.6 is 43.2 Å². The van der Waals surface area contributed by atoms with Crippen molar-refractivity contribution in [3.63, 3.8) is 0 Å². The van der Waals surface area contributed by atoms with Crippen LogP contribution in [0.1, 0.15) is 16.1 Å². The number of benzene rings is 1. The van der Waals surface area contributed by atoms with Crippen molar-refractivity contribution in [3.05, 3.63) is 49.3 Å². The fourth-order valence-corrected chi connectivity index (χ4v) is 4.62. The number of halogens is 3. The summed E-state index contributed by atoms with van der Waals surface area (Å²) in [7, 11) is 0. The molecule has 1 aliphatic rings. The number of hydrogen-bond acceptors (Lipinski definition) is 3. The van der Waals surface area contributed by atoms with Gasteiger partial charge in [0, 0.05) is 29.8 Å². The monoisotopic (exact) mass is 460 g/mol. The minimum Gasteiger partial charge on any atom is -0.371 e. The second-order valence-electron chi connectivity index (χ2n) is 5.52. The maximum atomic E-state index is 13.0. The fraction of sp³-hybridized carbons (Fsp3) is 0.312. The van der Waals surface area contributed by atoms with Crippen molar-refractivity contribution >= 4 is 54.8 Å². The lowest BCUT2D eigenvalue weighted by Crippen LogP contribution is -2.30. The minimum absolute atomic E-state index is 0.0402. The van der Waals surface area contributed by atoms with E-state index >= 15 is 0 Å². The van der Waals surface area contributed by atoms with E-state index in [0.717, 1.165) is 33.5 Å². The standard InChI is InChI=1S/C16H15Br2FN2OS/c17-13-7-14(23-15(13)18)16(22)20-8-10-5-6-21(9-10)12-3-1-11(19)2-4-12/h1-4,7,10H,5-6,8-9H2,(H,20,22). The molecule has 2 heterocycles. The molecule has 1 aromatic heterocycles. The highest BCUT2D eigenvalue weighted by atomic mass is 79.9. The maximum Gasteiger partial charge on any atom is 0.261 e. The van der Waals surface area contributed by atoms with Crippen LogP contribution in [0.4, 0.5) is 10.1 Å². The summed E-state index contributed by atoms with van der Waals surface area (Å²) in [6.07, 6.45) is 1.02. The van der Waals surface area contributed by atoms with Gasteiger partial charge in [-0.2, -0.15) is 0 Å². The molecule has 1 unspecified atom stereocenters. The lowest BCUT2D eigenvalue weighted by atomic mass is 10.1. The quantitative estimate of drug-likeness (QED) is 0.717. The van der Waals surface area contributed by atoms with Crippen LogP contribution in [0.5, 0.6) is 0 Å². The number of thiophene rings is 1. The van der Waals surface area contributed by atoms with Gasteiger partial charge in [-0.3, -0.25) is 4.79 Å². The molecule has 7 heteroatoms. The Kier molecular flexibility index (Phi) is 5.38. The molecule has 3 rings (SSSR count). The second-order valence-corrected chi connectivity index (χ2v) is 8.74. The molecule has 1 amide bonds. The van der Waals surface area contributed by atoms with Gasteiger partial charge in [0.1, 0.15) is 5.82 Å². The van der Waals surface area contributed by atoms with Gasteiger partial charge in [0.05, 0.1) is 8.66 Å². The zero-order valence-electron chi connectivity index (χ0n) is 12.2. The first-order valence-corrected chi connectivity index (χ1v) is 9.66. The van der Waals surface area contributed by atoms with E-state index in [1.807, 2.05) is 6.07 Å². The molecule has 0 aliphatic carbocycles. The molecule has 1 fully saturated rings. The molecular formula is C16H15Br2FN2OS. The minimum atomic E-state index is -0.218. The Hall–Kier alpha value is -0.920. The first-order chi connectivity index (χ1) is 11.0. The summed E-state index contributed by atoms with van der Waals surface area (Å²) in [5, 5.41) is 3.01. The summed E-state index contributed by atoms with van der Waals surface area (Å²) in [5.74, 6) is 0.155. The molecule has 1 saturated heterocycles. The van der Waals surface area contributed by atoms with Gasteiger partial charge in [-0.25, -0.2) is 4.39 Å². The Morgan fingerprint density at radius 2 is 2.09 bits per heavy atom. The molecule has 1 aliphatic heterocycles. The molecule has 0 bridgehead atoms. The van der Waals surface area contributed by atoms with Crippen molar-refractivity contribution in [2.24, 2.45) is 5.92 Å². The molecule has 122 valence electrons. The van der Waals surface area contributed by atoms with Crippen LogP contribution in [0.15, 0.2) is 38.6 Å². The van der Waals surface area contributed by atoms with Crippen LogP contribution in [-0.4, -0.2) is 25.5 Å². The Bertz CT molecular complexity index is 685. The van der Waals surface area contributed by atoms with Crippen LogP contribution < -0.4 is 10.2 Å². The van der Waals surface area contributed by atoms with Gasteiger partial charge in [-0.1, -0.05) is 0 Å². The summed E-state index contributed by atoms with van der Waals surface area (Å²) in [4.78, 5) is 15.1. The van der Waals surface area contributed by atoms with Gasteiger partial charge in [0.25, 0.3) is 5.91 Å². The summed E-state index contributed by atoms with van der Waals surface area (Å²) < 4.78 is 14.8. The van der Waals surface area contributed by atoms with E-state index < -0.39 is 0 Å². The van der Waals surface area contributed by atoms with Crippen LogP contribution in [-0.2, 0) is 0 Å². The van der Waals surface area contributed by atoms with Gasteiger partial charge in [-0.05, 0) is 74.5 Å². The Balaban J connectivity index is 1.52. The topological polar surface area (TPSA) is 32.3 Å². The molecule has 2 aromatic rings. The summed E-state index contributed by atoms with van der Waals surface area (Å²) in [6, 6.07) is 8.39. The average molecular weight is 462 g/mol. The van der Waals surface area contributed by atoms with E-state index in [1.54, 1.807) is 12.1 Å². The molecule has 3 nitrogen and oxygen atoms in total. The predicted molar refractivity (Wildman–Crippen MR) is 98.8 cm³/mol. The predicted octanol–water partition coefficient (Wildman–Crippen LogP) is 4.67. The number of nitrogens with one attached hydrogen (secondary N) is 1. The highest BCUT2D eigenvalue weighted by Gasteiger charge is 2.23. The van der Waals surface area contributed by atoms with Crippen LogP contribution in [0.25, 0.3) is 0 Å². The first kappa shape index (κ1) is 16.9. The third-order valence-corrected chi connectivity index (χ3v) is 7.15. The summed E-state index contributed by atoms with van der Waals surface area (Å²) in [5.41, 5.74) is 1.03. The zero-order valence-corrected chi connectivity index (χ0v) is 16.2. The number of amides is 1. The second kappa shape index (κ2) is 7.32. The van der Waals surface area contributed by atoms with Crippen LogP contribution in [0.3, 0.4) is 0 Å². The first-order valence-electron chi connectivity index (χ1n) is 7.26. The number of carbonyl (C=O) groups is 1. The SMILES string of the molecule is O=C(NCC1CCN(c2ccc(F)cc2)C1)c1cc(Br)c(Br)s1. The van der Waals surface area contributed by atoms with Crippen molar-refractivity contribution in [2.75, 3.05) is 24.5 Å². The van der Waals surface area contributed by atoms with Crippen molar-refractivity contribution in [3.8, 4) is 0 Å². The van der Waals surface area contributed by atoms with Gasteiger partial charge in [-0.15, -0.1) is 11.3 Å². The third-order valence-electron chi connectivity index (χ3n) is 3.90. The van der Waals surface area contributed by atoms with Crippen molar-refractivity contribution in [2.45, 2.75) is 6.42 Å². The van der Waals surface area contributed by atoms with E-state index in [-0.39, 0.29) is 11.7 Å². The summed E-state index contributed by atoms with van der Waals surface area (Å²) in [6.45, 7) is 2.47. The van der Waals surface area contributed by atoms with Gasteiger partial charge >= 0.3 is 0 Å². The summed E-state index contributed by atoms with van der Waals surface area (Å²) >= 11 is 8.21. The molecule has 1 aromatic carbocycles. The van der Waals surface area contributed by atoms with E-state index in [2.05, 4.69) is 42.1 Å². The van der Waals surface area contributed by atoms with Crippen molar-refractivity contribution in [1.29, 1.82) is 0 Å². The normalized spacial score (nSPS) is 17.5. The Morgan fingerprint density at radius 1 is 1.35 bits per heavy atom. The smallest absolute Gasteiger partial charge is 0.261 e. The highest BCUT2D eigenvalue weighted by Crippen LogP contribution is 2.32. The highest BCUT2D eigenvalue weighted by molar-refractivity contribution is 9.13. The molecule has 23 heavy (non-hydrogen) atoms. The lowest BCUT2D eigenvalue weighted by molar-refractivity contribution is 0.0952. The van der Waals surface area contributed by atoms with Crippen molar-refractivity contribution in [1.82, 2.24) is 5.32 Å². The fourth-order valence-electron chi connectivity index (χ4n) is 2.67. The van der Waals surface area contributed by atoms with Gasteiger partial charge < -0.3 is 10.2 Å². The molecule has 0 spiro atoms. The van der Waals surface area contributed by atoms with Crippen molar-refractivity contribution < 1.29 is 9.18 Å². The number of anilines is 1.